The summed E-state index contributed by atoms with van der Waals surface area (Å²) in [5.74, 6) is 1.37. The van der Waals surface area contributed by atoms with Crippen molar-refractivity contribution in [3.63, 3.8) is 0 Å². The van der Waals surface area contributed by atoms with Crippen LogP contribution in [0.3, 0.4) is 0 Å². The standard InChI is InChI=1S/C15H29NO2/c1-12(2)16-15(10-17,14-7-8-14)11-18-9-13-5-3-4-6-13/h12-14,16-17H,3-11H2,1-2H3. The van der Waals surface area contributed by atoms with Gasteiger partial charge in [-0.3, -0.25) is 0 Å². The molecule has 0 amide bonds. The Morgan fingerprint density at radius 2 is 1.89 bits per heavy atom. The van der Waals surface area contributed by atoms with Crippen LogP contribution in [0.15, 0.2) is 0 Å². The molecule has 1 atom stereocenters. The third-order valence-electron chi connectivity index (χ3n) is 4.41. The van der Waals surface area contributed by atoms with Crippen LogP contribution in [-0.2, 0) is 4.74 Å². The van der Waals surface area contributed by atoms with Gasteiger partial charge in [-0.05, 0) is 37.5 Å². The number of hydrogen-bond acceptors (Lipinski definition) is 3. The monoisotopic (exact) mass is 255 g/mol. The molecule has 0 aromatic carbocycles. The zero-order valence-corrected chi connectivity index (χ0v) is 12.0. The van der Waals surface area contributed by atoms with E-state index < -0.39 is 0 Å². The molecule has 2 rings (SSSR count). The van der Waals surface area contributed by atoms with Crippen LogP contribution >= 0.6 is 0 Å². The van der Waals surface area contributed by atoms with E-state index in [1.165, 1.54) is 38.5 Å². The minimum absolute atomic E-state index is 0.188. The summed E-state index contributed by atoms with van der Waals surface area (Å²) in [6.45, 7) is 6.03. The third-order valence-corrected chi connectivity index (χ3v) is 4.41. The quantitative estimate of drug-likeness (QED) is 0.699. The van der Waals surface area contributed by atoms with Gasteiger partial charge in [-0.15, -0.1) is 0 Å². The van der Waals surface area contributed by atoms with Gasteiger partial charge in [0.15, 0.2) is 0 Å². The van der Waals surface area contributed by atoms with Gasteiger partial charge in [0.1, 0.15) is 0 Å². The molecule has 2 fully saturated rings. The molecule has 2 saturated carbocycles. The number of rotatable bonds is 8. The van der Waals surface area contributed by atoms with Crippen LogP contribution in [-0.4, -0.2) is 36.5 Å². The van der Waals surface area contributed by atoms with Crippen molar-refractivity contribution in [3.8, 4) is 0 Å². The topological polar surface area (TPSA) is 41.5 Å². The van der Waals surface area contributed by atoms with Crippen molar-refractivity contribution in [1.29, 1.82) is 0 Å². The SMILES string of the molecule is CC(C)NC(CO)(COCC1CCCC1)C1CC1. The van der Waals surface area contributed by atoms with Crippen molar-refractivity contribution in [2.75, 3.05) is 19.8 Å². The van der Waals surface area contributed by atoms with Gasteiger partial charge in [-0.25, -0.2) is 0 Å². The lowest BCUT2D eigenvalue weighted by molar-refractivity contribution is 0.00675. The normalized spacial score (nSPS) is 24.7. The van der Waals surface area contributed by atoms with Crippen molar-refractivity contribution >= 4 is 0 Å². The zero-order chi connectivity index (χ0) is 13.0. The van der Waals surface area contributed by atoms with E-state index in [0.29, 0.717) is 18.6 Å². The molecule has 0 bridgehead atoms. The van der Waals surface area contributed by atoms with Crippen molar-refractivity contribution < 1.29 is 9.84 Å². The van der Waals surface area contributed by atoms with Crippen LogP contribution in [0.5, 0.6) is 0 Å². The number of ether oxygens (including phenoxy) is 1. The maximum Gasteiger partial charge on any atom is 0.0681 e. The first-order valence-corrected chi connectivity index (χ1v) is 7.62. The van der Waals surface area contributed by atoms with E-state index >= 15 is 0 Å². The van der Waals surface area contributed by atoms with E-state index in [4.69, 9.17) is 4.74 Å². The highest BCUT2D eigenvalue weighted by molar-refractivity contribution is 5.01. The first-order valence-electron chi connectivity index (χ1n) is 7.62. The summed E-state index contributed by atoms with van der Waals surface area (Å²) in [6.07, 6.45) is 7.85. The lowest BCUT2D eigenvalue weighted by atomic mass is 9.94. The van der Waals surface area contributed by atoms with E-state index in [-0.39, 0.29) is 12.1 Å². The minimum Gasteiger partial charge on any atom is -0.394 e. The Morgan fingerprint density at radius 1 is 1.22 bits per heavy atom. The van der Waals surface area contributed by atoms with Gasteiger partial charge >= 0.3 is 0 Å². The zero-order valence-electron chi connectivity index (χ0n) is 12.0. The summed E-state index contributed by atoms with van der Waals surface area (Å²) in [4.78, 5) is 0. The highest BCUT2D eigenvalue weighted by atomic mass is 16.5. The Kier molecular flexibility index (Phi) is 5.05. The molecule has 2 aliphatic rings. The molecule has 0 spiro atoms. The second-order valence-corrected chi connectivity index (χ2v) is 6.55. The average Bonchev–Trinajstić information content (AvgIpc) is 3.07. The molecule has 0 aromatic rings. The smallest absolute Gasteiger partial charge is 0.0681 e. The Morgan fingerprint density at radius 3 is 2.39 bits per heavy atom. The third kappa shape index (κ3) is 3.69. The summed E-state index contributed by atoms with van der Waals surface area (Å²) in [5, 5.41) is 13.3. The summed E-state index contributed by atoms with van der Waals surface area (Å²) in [6, 6.07) is 0.396. The van der Waals surface area contributed by atoms with Crippen molar-refractivity contribution in [2.24, 2.45) is 11.8 Å². The van der Waals surface area contributed by atoms with Crippen LogP contribution in [0.2, 0.25) is 0 Å². The Labute approximate surface area is 111 Å². The highest BCUT2D eigenvalue weighted by Crippen LogP contribution is 2.40. The summed E-state index contributed by atoms with van der Waals surface area (Å²) >= 11 is 0. The predicted octanol–water partition coefficient (Wildman–Crippen LogP) is 2.33. The second-order valence-electron chi connectivity index (χ2n) is 6.55. The molecule has 106 valence electrons. The Bertz CT molecular complexity index is 247. The van der Waals surface area contributed by atoms with Crippen LogP contribution in [0.1, 0.15) is 52.4 Å². The van der Waals surface area contributed by atoms with Gasteiger partial charge in [-0.2, -0.15) is 0 Å². The van der Waals surface area contributed by atoms with Crippen molar-refractivity contribution in [3.05, 3.63) is 0 Å². The van der Waals surface area contributed by atoms with Crippen LogP contribution in [0, 0.1) is 11.8 Å². The predicted molar refractivity (Wildman–Crippen MR) is 73.6 cm³/mol. The molecule has 0 saturated heterocycles. The fourth-order valence-electron chi connectivity index (χ4n) is 3.29. The maximum atomic E-state index is 9.79. The van der Waals surface area contributed by atoms with Gasteiger partial charge in [0.25, 0.3) is 0 Å². The van der Waals surface area contributed by atoms with Crippen LogP contribution < -0.4 is 5.32 Å². The number of aliphatic hydroxyl groups excluding tert-OH is 1. The van der Waals surface area contributed by atoms with Crippen molar-refractivity contribution in [1.82, 2.24) is 5.32 Å². The summed E-state index contributed by atoms with van der Waals surface area (Å²) in [7, 11) is 0. The van der Waals surface area contributed by atoms with E-state index in [2.05, 4.69) is 19.2 Å². The molecular formula is C15H29NO2. The molecule has 3 heteroatoms. The molecular weight excluding hydrogens is 226 g/mol. The second kappa shape index (κ2) is 6.36. The van der Waals surface area contributed by atoms with Crippen LogP contribution in [0.25, 0.3) is 0 Å². The number of aliphatic hydroxyl groups is 1. The number of nitrogens with one attached hydrogen (secondary N) is 1. The molecule has 18 heavy (non-hydrogen) atoms. The molecule has 3 nitrogen and oxygen atoms in total. The van der Waals surface area contributed by atoms with Gasteiger partial charge in [0.2, 0.25) is 0 Å². The first kappa shape index (κ1) is 14.3. The molecule has 0 aliphatic heterocycles. The maximum absolute atomic E-state index is 9.79. The van der Waals surface area contributed by atoms with E-state index in [0.717, 1.165) is 12.5 Å². The van der Waals surface area contributed by atoms with Gasteiger partial charge in [0, 0.05) is 12.6 Å². The van der Waals surface area contributed by atoms with E-state index in [1.807, 2.05) is 0 Å². The first-order chi connectivity index (χ1) is 8.66. The van der Waals surface area contributed by atoms with Gasteiger partial charge in [0.05, 0.1) is 18.8 Å². The summed E-state index contributed by atoms with van der Waals surface area (Å²) in [5.41, 5.74) is -0.188. The molecule has 0 heterocycles. The molecule has 1 unspecified atom stereocenters. The lowest BCUT2D eigenvalue weighted by Crippen LogP contribution is -2.56. The summed E-state index contributed by atoms with van der Waals surface area (Å²) < 4.78 is 5.95. The van der Waals surface area contributed by atoms with Crippen molar-refractivity contribution in [2.45, 2.75) is 64.0 Å². The lowest BCUT2D eigenvalue weighted by Gasteiger charge is -2.35. The average molecular weight is 255 g/mol. The fourth-order valence-corrected chi connectivity index (χ4v) is 3.29. The number of hydrogen-bond donors (Lipinski definition) is 2. The Hall–Kier alpha value is -0.120. The van der Waals surface area contributed by atoms with E-state index in [9.17, 15) is 5.11 Å². The van der Waals surface area contributed by atoms with Crippen LogP contribution in [0.4, 0.5) is 0 Å². The fraction of sp³-hybridized carbons (Fsp3) is 1.00. The highest BCUT2D eigenvalue weighted by Gasteiger charge is 2.45. The molecule has 0 aromatic heterocycles. The van der Waals surface area contributed by atoms with Gasteiger partial charge in [-0.1, -0.05) is 26.7 Å². The molecule has 0 radical (unpaired) electrons. The largest absolute Gasteiger partial charge is 0.394 e. The molecule has 2 aliphatic carbocycles. The molecule has 2 N–H and O–H groups in total. The minimum atomic E-state index is -0.188. The Balaban J connectivity index is 1.80. The van der Waals surface area contributed by atoms with Gasteiger partial charge < -0.3 is 15.2 Å². The van der Waals surface area contributed by atoms with E-state index in [1.54, 1.807) is 0 Å².